The number of amides is 1. The summed E-state index contributed by atoms with van der Waals surface area (Å²) < 4.78 is 31.3. The summed E-state index contributed by atoms with van der Waals surface area (Å²) in [5, 5.41) is 6.51. The molecule has 1 aliphatic carbocycles. The van der Waals surface area contributed by atoms with Gasteiger partial charge in [0.15, 0.2) is 0 Å². The van der Waals surface area contributed by atoms with Crippen LogP contribution in [-0.4, -0.2) is 71.5 Å². The Morgan fingerprint density at radius 2 is 1.89 bits per heavy atom. The van der Waals surface area contributed by atoms with Crippen molar-refractivity contribution in [1.82, 2.24) is 15.6 Å². The van der Waals surface area contributed by atoms with Gasteiger partial charge in [-0.05, 0) is 61.4 Å². The zero-order chi connectivity index (χ0) is 27.3. The Balaban J connectivity index is 1.57. The number of anilines is 2. The summed E-state index contributed by atoms with van der Waals surface area (Å²) in [5.41, 5.74) is 1.96. The number of pyridine rings is 1. The zero-order valence-electron chi connectivity index (χ0n) is 22.9. The summed E-state index contributed by atoms with van der Waals surface area (Å²) in [4.78, 5) is 20.3. The fraction of sp³-hybridized carbons (Fsp3) is 0.571. The van der Waals surface area contributed by atoms with Crippen LogP contribution in [0.4, 0.5) is 11.6 Å². The van der Waals surface area contributed by atoms with Crippen molar-refractivity contribution >= 4 is 27.6 Å². The summed E-state index contributed by atoms with van der Waals surface area (Å²) >= 11 is 0. The third-order valence-electron chi connectivity index (χ3n) is 7.73. The first-order valence-electron chi connectivity index (χ1n) is 13.4. The molecule has 0 bridgehead atoms. The highest BCUT2D eigenvalue weighted by molar-refractivity contribution is 7.92. The Labute approximate surface area is 227 Å². The number of piperidine rings is 1. The molecule has 10 heteroatoms. The maximum Gasteiger partial charge on any atom is 0.238 e. The average molecular weight is 544 g/mol. The molecule has 2 atom stereocenters. The molecule has 0 radical (unpaired) electrons. The van der Waals surface area contributed by atoms with Gasteiger partial charge in [-0.25, -0.2) is 13.4 Å². The minimum absolute atomic E-state index is 0.0565. The lowest BCUT2D eigenvalue weighted by atomic mass is 9.81. The number of rotatable bonds is 11. The minimum Gasteiger partial charge on any atom is -0.383 e. The van der Waals surface area contributed by atoms with Gasteiger partial charge in [-0.15, -0.1) is 0 Å². The number of nitrogens with zero attached hydrogens (tertiary/aromatic N) is 3. The number of sulfonamides is 1. The molecule has 1 aromatic heterocycles. The van der Waals surface area contributed by atoms with E-state index in [-0.39, 0.29) is 24.4 Å². The molecule has 2 fully saturated rings. The topological polar surface area (TPSA) is 104 Å². The molecule has 2 N–H and O–H groups in total. The lowest BCUT2D eigenvalue weighted by molar-refractivity contribution is -0.124. The van der Waals surface area contributed by atoms with Gasteiger partial charge >= 0.3 is 0 Å². The van der Waals surface area contributed by atoms with E-state index in [1.54, 1.807) is 13.2 Å². The predicted molar refractivity (Wildman–Crippen MR) is 151 cm³/mol. The number of carbonyl (C=O) groups excluding carboxylic acids is 1. The van der Waals surface area contributed by atoms with Gasteiger partial charge in [0, 0.05) is 39.2 Å². The first-order chi connectivity index (χ1) is 18.2. The van der Waals surface area contributed by atoms with E-state index in [1.807, 2.05) is 24.3 Å². The standard InChI is InChI=1S/C28H41N5O4S/c1-20-15-23(16-20)33(13-14-37-3)26-18-21(17-25(31-26)32(2)38(4,35)36)19-30-28(34)27-24(11-8-12-29-27)22-9-6-5-7-10-22/h5-7,9-10,17-18,20,23-24,27,29H,8,11-16,19H2,1-4H3,(H,30,34)/t20?,23?,24-,27-/m0/s1. The van der Waals surface area contributed by atoms with Gasteiger partial charge < -0.3 is 20.3 Å². The number of hydrogen-bond acceptors (Lipinski definition) is 7. The van der Waals surface area contributed by atoms with E-state index in [2.05, 4.69) is 34.6 Å². The zero-order valence-corrected chi connectivity index (χ0v) is 23.7. The van der Waals surface area contributed by atoms with Gasteiger partial charge in [-0.2, -0.15) is 0 Å². The molecule has 208 valence electrons. The maximum atomic E-state index is 13.4. The second kappa shape index (κ2) is 12.4. The van der Waals surface area contributed by atoms with E-state index in [1.165, 1.54) is 11.4 Å². The number of hydrogen-bond donors (Lipinski definition) is 2. The summed E-state index contributed by atoms with van der Waals surface area (Å²) in [6.45, 7) is 4.51. The fourth-order valence-corrected chi connectivity index (χ4v) is 5.88. The average Bonchev–Trinajstić information content (AvgIpc) is 2.90. The van der Waals surface area contributed by atoms with Gasteiger partial charge in [0.1, 0.15) is 11.6 Å². The predicted octanol–water partition coefficient (Wildman–Crippen LogP) is 2.88. The number of carbonyl (C=O) groups is 1. The van der Waals surface area contributed by atoms with E-state index < -0.39 is 10.0 Å². The van der Waals surface area contributed by atoms with Crippen LogP contribution >= 0.6 is 0 Å². The molecular weight excluding hydrogens is 502 g/mol. The molecule has 0 spiro atoms. The monoisotopic (exact) mass is 543 g/mol. The Bertz CT molecular complexity index is 1190. The first-order valence-corrected chi connectivity index (χ1v) is 15.3. The summed E-state index contributed by atoms with van der Waals surface area (Å²) in [7, 11) is -0.331. The smallest absolute Gasteiger partial charge is 0.238 e. The van der Waals surface area contributed by atoms with Crippen LogP contribution in [-0.2, 0) is 26.1 Å². The molecule has 2 heterocycles. The van der Waals surface area contributed by atoms with Crippen LogP contribution in [0.2, 0.25) is 0 Å². The number of aromatic nitrogens is 1. The van der Waals surface area contributed by atoms with E-state index in [0.717, 1.165) is 49.6 Å². The van der Waals surface area contributed by atoms with Crippen molar-refractivity contribution in [3.8, 4) is 0 Å². The molecule has 9 nitrogen and oxygen atoms in total. The van der Waals surface area contributed by atoms with E-state index >= 15 is 0 Å². The van der Waals surface area contributed by atoms with Crippen molar-refractivity contribution in [3.63, 3.8) is 0 Å². The second-order valence-corrected chi connectivity index (χ2v) is 12.7. The number of benzene rings is 1. The summed E-state index contributed by atoms with van der Waals surface area (Å²) in [5.74, 6) is 1.73. The lowest BCUT2D eigenvalue weighted by Crippen LogP contribution is -2.50. The molecule has 38 heavy (non-hydrogen) atoms. The van der Waals surface area contributed by atoms with Crippen molar-refractivity contribution < 1.29 is 17.9 Å². The normalized spacial score (nSPS) is 23.4. The highest BCUT2D eigenvalue weighted by Gasteiger charge is 2.33. The van der Waals surface area contributed by atoms with Crippen LogP contribution in [0.25, 0.3) is 0 Å². The molecule has 1 saturated heterocycles. The van der Waals surface area contributed by atoms with Crippen molar-refractivity contribution in [3.05, 3.63) is 53.6 Å². The maximum absolute atomic E-state index is 13.4. The SMILES string of the molecule is COCCN(c1cc(CNC(=O)[C@H]2NCCC[C@H]2c2ccccc2)cc(N(C)S(C)(=O)=O)n1)C1CC(C)C1. The molecule has 4 rings (SSSR count). The van der Waals surface area contributed by atoms with Gasteiger partial charge in [-0.1, -0.05) is 37.3 Å². The van der Waals surface area contributed by atoms with E-state index in [4.69, 9.17) is 9.72 Å². The van der Waals surface area contributed by atoms with Crippen molar-refractivity contribution in [2.45, 2.75) is 57.2 Å². The van der Waals surface area contributed by atoms with Crippen LogP contribution in [0, 0.1) is 5.92 Å². The summed E-state index contributed by atoms with van der Waals surface area (Å²) in [6.07, 6.45) is 5.24. The quantitative estimate of drug-likeness (QED) is 0.449. The molecule has 1 amide bonds. The van der Waals surface area contributed by atoms with Crippen molar-refractivity contribution in [2.75, 3.05) is 49.3 Å². The highest BCUT2D eigenvalue weighted by atomic mass is 32.2. The van der Waals surface area contributed by atoms with Crippen molar-refractivity contribution in [1.29, 1.82) is 0 Å². The Morgan fingerprint density at radius 3 is 2.55 bits per heavy atom. The van der Waals surface area contributed by atoms with Crippen LogP contribution in [0.3, 0.4) is 0 Å². The largest absolute Gasteiger partial charge is 0.383 e. The Kier molecular flexibility index (Phi) is 9.27. The number of nitrogens with one attached hydrogen (secondary N) is 2. The number of ether oxygens (including phenoxy) is 1. The molecule has 1 aromatic carbocycles. The van der Waals surface area contributed by atoms with Crippen LogP contribution < -0.4 is 19.8 Å². The van der Waals surface area contributed by atoms with Crippen LogP contribution in [0.15, 0.2) is 42.5 Å². The molecule has 1 saturated carbocycles. The van der Waals surface area contributed by atoms with Gasteiger partial charge in [0.2, 0.25) is 15.9 Å². The fourth-order valence-electron chi connectivity index (χ4n) is 5.45. The number of methoxy groups -OCH3 is 1. The first kappa shape index (κ1) is 28.3. The van der Waals surface area contributed by atoms with Crippen LogP contribution in [0.5, 0.6) is 0 Å². The highest BCUT2D eigenvalue weighted by Crippen LogP contribution is 2.35. The summed E-state index contributed by atoms with van der Waals surface area (Å²) in [6, 6.07) is 13.9. The third-order valence-corrected chi connectivity index (χ3v) is 8.92. The van der Waals surface area contributed by atoms with E-state index in [9.17, 15) is 13.2 Å². The molecule has 0 unspecified atom stereocenters. The Hall–Kier alpha value is -2.69. The molecule has 2 aromatic rings. The van der Waals surface area contributed by atoms with Gasteiger partial charge in [0.05, 0.1) is 18.9 Å². The van der Waals surface area contributed by atoms with Crippen molar-refractivity contribution in [2.24, 2.45) is 5.92 Å². The second-order valence-electron chi connectivity index (χ2n) is 10.6. The molecule has 1 aliphatic heterocycles. The molecule has 2 aliphatic rings. The van der Waals surface area contributed by atoms with Gasteiger partial charge in [-0.3, -0.25) is 9.10 Å². The van der Waals surface area contributed by atoms with E-state index in [0.29, 0.717) is 36.7 Å². The minimum atomic E-state index is -3.51. The van der Waals surface area contributed by atoms with Gasteiger partial charge in [0.25, 0.3) is 0 Å². The van der Waals surface area contributed by atoms with Crippen LogP contribution in [0.1, 0.15) is 49.7 Å². The molecular formula is C28H41N5O4S. The third kappa shape index (κ3) is 6.84. The lowest BCUT2D eigenvalue weighted by Gasteiger charge is -2.42. The Morgan fingerprint density at radius 1 is 1.18 bits per heavy atom.